The van der Waals surface area contributed by atoms with Gasteiger partial charge in [-0.2, -0.15) is 0 Å². The SMILES string of the molecule is C1=C(c2ccc3ncccn23)c2cccnc2C1.[HH]. The molecular weight excluding hydrogens is 222 g/mol. The molecule has 0 radical (unpaired) electrons. The summed E-state index contributed by atoms with van der Waals surface area (Å²) >= 11 is 0. The minimum absolute atomic E-state index is 0. The van der Waals surface area contributed by atoms with Crippen molar-refractivity contribution in [1.29, 1.82) is 0 Å². The van der Waals surface area contributed by atoms with Gasteiger partial charge in [-0.3, -0.25) is 4.98 Å². The number of nitrogens with zero attached hydrogens (tertiary/aromatic N) is 3. The molecule has 3 aromatic rings. The van der Waals surface area contributed by atoms with Crippen LogP contribution in [0.4, 0.5) is 0 Å². The fourth-order valence-electron chi connectivity index (χ4n) is 2.56. The summed E-state index contributed by atoms with van der Waals surface area (Å²) in [6.45, 7) is 0. The molecule has 3 nitrogen and oxygen atoms in total. The molecule has 88 valence electrons. The first-order valence-electron chi connectivity index (χ1n) is 6.00. The van der Waals surface area contributed by atoms with E-state index in [0.29, 0.717) is 0 Å². The summed E-state index contributed by atoms with van der Waals surface area (Å²) in [6.07, 6.45) is 8.88. The van der Waals surface area contributed by atoms with Crippen molar-refractivity contribution in [3.05, 3.63) is 71.9 Å². The van der Waals surface area contributed by atoms with Crippen LogP contribution in [0.2, 0.25) is 0 Å². The molecule has 0 amide bonds. The largest absolute Gasteiger partial charge is 0.301 e. The van der Waals surface area contributed by atoms with Crippen LogP contribution >= 0.6 is 0 Å². The zero-order valence-electron chi connectivity index (χ0n) is 9.74. The van der Waals surface area contributed by atoms with Gasteiger partial charge in [0.1, 0.15) is 5.65 Å². The van der Waals surface area contributed by atoms with Crippen LogP contribution in [0.3, 0.4) is 0 Å². The van der Waals surface area contributed by atoms with Crippen LogP contribution in [0.5, 0.6) is 0 Å². The Bertz CT molecular complexity index is 774. The van der Waals surface area contributed by atoms with E-state index in [4.69, 9.17) is 0 Å². The summed E-state index contributed by atoms with van der Waals surface area (Å²) in [6, 6.07) is 10.2. The summed E-state index contributed by atoms with van der Waals surface area (Å²) < 4.78 is 2.12. The van der Waals surface area contributed by atoms with Crippen molar-refractivity contribution in [3.63, 3.8) is 0 Å². The van der Waals surface area contributed by atoms with Crippen LogP contribution < -0.4 is 0 Å². The molecule has 0 aliphatic heterocycles. The average Bonchev–Trinajstić information content (AvgIpc) is 3.01. The molecule has 1 aliphatic rings. The van der Waals surface area contributed by atoms with Gasteiger partial charge in [-0.15, -0.1) is 0 Å². The van der Waals surface area contributed by atoms with Gasteiger partial charge in [-0.25, -0.2) is 4.98 Å². The Morgan fingerprint density at radius 2 is 2.00 bits per heavy atom. The summed E-state index contributed by atoms with van der Waals surface area (Å²) in [7, 11) is 0. The number of aromatic nitrogens is 3. The van der Waals surface area contributed by atoms with Gasteiger partial charge in [0.05, 0.1) is 11.4 Å². The molecule has 0 aromatic carbocycles. The van der Waals surface area contributed by atoms with Crippen LogP contribution in [-0.2, 0) is 6.42 Å². The summed E-state index contributed by atoms with van der Waals surface area (Å²) in [5, 5.41) is 0. The standard InChI is InChI=1S/C15H11N3.H2/c1-3-11-12(4-5-13(11)16-8-1)14-6-7-15-17-9-2-10-18(14)15;/h1-4,6-10H,5H2;1H. The molecule has 0 unspecified atom stereocenters. The van der Waals surface area contributed by atoms with Gasteiger partial charge < -0.3 is 4.40 Å². The van der Waals surface area contributed by atoms with E-state index in [2.05, 4.69) is 32.6 Å². The maximum Gasteiger partial charge on any atom is 0.137 e. The van der Waals surface area contributed by atoms with Gasteiger partial charge in [0, 0.05) is 37.6 Å². The zero-order chi connectivity index (χ0) is 11.9. The Morgan fingerprint density at radius 1 is 1.06 bits per heavy atom. The maximum atomic E-state index is 4.42. The van der Waals surface area contributed by atoms with Crippen molar-refractivity contribution in [2.75, 3.05) is 0 Å². The van der Waals surface area contributed by atoms with E-state index in [0.717, 1.165) is 17.8 Å². The number of allylic oxidation sites excluding steroid dienone is 1. The normalized spacial score (nSPS) is 13.7. The monoisotopic (exact) mass is 235 g/mol. The number of hydrogen-bond acceptors (Lipinski definition) is 2. The van der Waals surface area contributed by atoms with Crippen LogP contribution in [0, 0.1) is 0 Å². The van der Waals surface area contributed by atoms with Crippen LogP contribution in [0.15, 0.2) is 55.0 Å². The molecule has 1 aliphatic carbocycles. The lowest BCUT2D eigenvalue weighted by atomic mass is 10.1. The molecule has 18 heavy (non-hydrogen) atoms. The second-order valence-corrected chi connectivity index (χ2v) is 4.39. The molecule has 0 N–H and O–H groups in total. The average molecular weight is 235 g/mol. The Balaban J connectivity index is 0.00000110. The van der Waals surface area contributed by atoms with E-state index in [9.17, 15) is 0 Å². The lowest BCUT2D eigenvalue weighted by Crippen LogP contribution is -1.94. The first-order chi connectivity index (χ1) is 8.93. The highest BCUT2D eigenvalue weighted by molar-refractivity contribution is 5.83. The van der Waals surface area contributed by atoms with Crippen molar-refractivity contribution in [2.45, 2.75) is 6.42 Å². The predicted octanol–water partition coefficient (Wildman–Crippen LogP) is 2.96. The van der Waals surface area contributed by atoms with Crippen LogP contribution in [0.25, 0.3) is 11.2 Å². The second-order valence-electron chi connectivity index (χ2n) is 4.39. The third-order valence-electron chi connectivity index (χ3n) is 3.38. The Hall–Kier alpha value is -2.42. The molecule has 3 heterocycles. The Labute approximate surface area is 106 Å². The van der Waals surface area contributed by atoms with E-state index in [-0.39, 0.29) is 1.43 Å². The predicted molar refractivity (Wildman–Crippen MR) is 72.3 cm³/mol. The van der Waals surface area contributed by atoms with E-state index in [1.807, 2.05) is 36.8 Å². The summed E-state index contributed by atoms with van der Waals surface area (Å²) in [5.41, 5.74) is 5.81. The molecule has 3 heteroatoms. The number of fused-ring (bicyclic) bond motifs is 2. The Kier molecular flexibility index (Phi) is 1.88. The van der Waals surface area contributed by atoms with Gasteiger partial charge in [0.25, 0.3) is 0 Å². The highest BCUT2D eigenvalue weighted by Crippen LogP contribution is 2.31. The number of rotatable bonds is 1. The van der Waals surface area contributed by atoms with Gasteiger partial charge >= 0.3 is 0 Å². The topological polar surface area (TPSA) is 30.2 Å². The maximum absolute atomic E-state index is 4.42. The molecule has 0 fully saturated rings. The molecule has 0 saturated carbocycles. The minimum Gasteiger partial charge on any atom is -0.301 e. The summed E-state index contributed by atoms with van der Waals surface area (Å²) in [4.78, 5) is 8.77. The highest BCUT2D eigenvalue weighted by atomic mass is 15.0. The van der Waals surface area contributed by atoms with Crippen molar-refractivity contribution >= 4 is 11.2 Å². The molecule has 0 saturated heterocycles. The molecule has 0 spiro atoms. The smallest absolute Gasteiger partial charge is 0.137 e. The van der Waals surface area contributed by atoms with Gasteiger partial charge in [-0.1, -0.05) is 12.1 Å². The molecule has 0 bridgehead atoms. The van der Waals surface area contributed by atoms with Crippen molar-refractivity contribution in [3.8, 4) is 0 Å². The molecular formula is C15H13N3. The van der Waals surface area contributed by atoms with Crippen LogP contribution in [0.1, 0.15) is 18.4 Å². The third kappa shape index (κ3) is 1.24. The first-order valence-corrected chi connectivity index (χ1v) is 6.00. The lowest BCUT2D eigenvalue weighted by Gasteiger charge is -2.05. The van der Waals surface area contributed by atoms with Crippen molar-refractivity contribution < 1.29 is 1.43 Å². The van der Waals surface area contributed by atoms with E-state index < -0.39 is 0 Å². The van der Waals surface area contributed by atoms with Crippen LogP contribution in [-0.4, -0.2) is 14.4 Å². The fourth-order valence-corrected chi connectivity index (χ4v) is 2.56. The molecule has 3 aromatic heterocycles. The second kappa shape index (κ2) is 3.53. The van der Waals surface area contributed by atoms with Gasteiger partial charge in [-0.05, 0) is 24.3 Å². The van der Waals surface area contributed by atoms with E-state index in [1.165, 1.54) is 16.8 Å². The zero-order valence-corrected chi connectivity index (χ0v) is 9.74. The van der Waals surface area contributed by atoms with E-state index in [1.54, 1.807) is 0 Å². The Morgan fingerprint density at radius 3 is 3.00 bits per heavy atom. The first kappa shape index (κ1) is 9.59. The number of hydrogen-bond donors (Lipinski definition) is 0. The minimum atomic E-state index is 0. The van der Waals surface area contributed by atoms with Gasteiger partial charge in [0.2, 0.25) is 0 Å². The summed E-state index contributed by atoms with van der Waals surface area (Å²) in [5.74, 6) is 0. The third-order valence-corrected chi connectivity index (χ3v) is 3.38. The van der Waals surface area contributed by atoms with E-state index >= 15 is 0 Å². The van der Waals surface area contributed by atoms with Crippen molar-refractivity contribution in [2.24, 2.45) is 0 Å². The highest BCUT2D eigenvalue weighted by Gasteiger charge is 2.18. The molecule has 4 rings (SSSR count). The van der Waals surface area contributed by atoms with Crippen molar-refractivity contribution in [1.82, 2.24) is 14.4 Å². The molecule has 0 atom stereocenters. The lowest BCUT2D eigenvalue weighted by molar-refractivity contribution is 1.11. The fraction of sp³-hybridized carbons (Fsp3) is 0.0667. The number of pyridine rings is 1. The quantitative estimate of drug-likeness (QED) is 0.649. The van der Waals surface area contributed by atoms with Gasteiger partial charge in [0.15, 0.2) is 0 Å².